The molecule has 0 unspecified atom stereocenters. The Balaban J connectivity index is 3.56. The highest BCUT2D eigenvalue weighted by atomic mass is 16.1. The fraction of sp³-hybridized carbons (Fsp3) is 0.700. The third-order valence-electron chi connectivity index (χ3n) is 1.28. The maximum atomic E-state index is 11.2. The molecular weight excluding hydrogens is 150 g/mol. The second kappa shape index (κ2) is 4.82. The zero-order valence-corrected chi connectivity index (χ0v) is 8.11. The van der Waals surface area contributed by atoms with E-state index in [0.29, 0.717) is 19.4 Å². The van der Waals surface area contributed by atoms with E-state index in [1.807, 2.05) is 20.8 Å². The van der Waals surface area contributed by atoms with Crippen molar-refractivity contribution in [3.63, 3.8) is 0 Å². The Morgan fingerprint density at radius 2 is 2.08 bits per heavy atom. The van der Waals surface area contributed by atoms with Crippen molar-refractivity contribution in [2.45, 2.75) is 33.6 Å². The van der Waals surface area contributed by atoms with Crippen molar-refractivity contribution < 1.29 is 4.79 Å². The van der Waals surface area contributed by atoms with Gasteiger partial charge in [-0.2, -0.15) is 0 Å². The summed E-state index contributed by atoms with van der Waals surface area (Å²) in [5, 5.41) is 2.76. The van der Waals surface area contributed by atoms with Crippen LogP contribution < -0.4 is 5.32 Å². The van der Waals surface area contributed by atoms with Crippen LogP contribution in [-0.4, -0.2) is 12.5 Å². The summed E-state index contributed by atoms with van der Waals surface area (Å²) < 4.78 is 0. The maximum absolute atomic E-state index is 11.2. The normalized spacial score (nSPS) is 10.5. The molecule has 0 fully saturated rings. The van der Waals surface area contributed by atoms with E-state index in [0.717, 1.165) is 0 Å². The summed E-state index contributed by atoms with van der Waals surface area (Å²) >= 11 is 0. The lowest BCUT2D eigenvalue weighted by atomic mass is 9.92. The van der Waals surface area contributed by atoms with E-state index in [2.05, 4.69) is 11.2 Å². The van der Waals surface area contributed by atoms with Crippen LogP contribution in [0.3, 0.4) is 0 Å². The summed E-state index contributed by atoms with van der Waals surface area (Å²) in [5.41, 5.74) is 0.0558. The van der Waals surface area contributed by atoms with Crippen molar-refractivity contribution in [3.8, 4) is 12.3 Å². The summed E-state index contributed by atoms with van der Waals surface area (Å²) in [7, 11) is 0. The van der Waals surface area contributed by atoms with E-state index in [-0.39, 0.29) is 11.3 Å². The molecule has 1 N–H and O–H groups in total. The van der Waals surface area contributed by atoms with Gasteiger partial charge in [-0.05, 0) is 5.41 Å². The van der Waals surface area contributed by atoms with E-state index >= 15 is 0 Å². The van der Waals surface area contributed by atoms with E-state index in [4.69, 9.17) is 6.42 Å². The molecule has 0 radical (unpaired) electrons. The highest BCUT2D eigenvalue weighted by Crippen LogP contribution is 2.17. The molecule has 0 heterocycles. The lowest BCUT2D eigenvalue weighted by Crippen LogP contribution is -2.28. The molecule has 0 saturated heterocycles. The Hall–Kier alpha value is -0.970. The van der Waals surface area contributed by atoms with Gasteiger partial charge in [0.25, 0.3) is 0 Å². The summed E-state index contributed by atoms with van der Waals surface area (Å²) in [5.74, 6) is 2.55. The zero-order chi connectivity index (χ0) is 9.61. The van der Waals surface area contributed by atoms with E-state index in [1.165, 1.54) is 0 Å². The van der Waals surface area contributed by atoms with Crippen LogP contribution >= 0.6 is 0 Å². The highest BCUT2D eigenvalue weighted by Gasteiger charge is 2.14. The van der Waals surface area contributed by atoms with Gasteiger partial charge in [0.1, 0.15) is 0 Å². The Morgan fingerprint density at radius 1 is 1.50 bits per heavy atom. The Morgan fingerprint density at radius 3 is 2.50 bits per heavy atom. The maximum Gasteiger partial charge on any atom is 0.220 e. The lowest BCUT2D eigenvalue weighted by Gasteiger charge is -2.16. The Bertz CT molecular complexity index is 183. The van der Waals surface area contributed by atoms with Crippen molar-refractivity contribution in [1.29, 1.82) is 0 Å². The summed E-state index contributed by atoms with van der Waals surface area (Å²) in [6.45, 7) is 6.70. The Labute approximate surface area is 74.7 Å². The van der Waals surface area contributed by atoms with Crippen molar-refractivity contribution in [2.75, 3.05) is 6.54 Å². The molecular formula is C10H17NO. The molecule has 2 heteroatoms. The average Bonchev–Trinajstić information content (AvgIpc) is 1.84. The minimum absolute atomic E-state index is 0.0558. The molecule has 0 aliphatic carbocycles. The lowest BCUT2D eigenvalue weighted by molar-refractivity contribution is -0.122. The zero-order valence-electron chi connectivity index (χ0n) is 8.11. The molecule has 0 aliphatic rings. The standard InChI is InChI=1S/C10H17NO/c1-5-6-7-11-9(12)8-10(2,3)4/h1H,6-8H2,2-4H3,(H,11,12). The van der Waals surface area contributed by atoms with Crippen LogP contribution in [0, 0.1) is 17.8 Å². The van der Waals surface area contributed by atoms with Crippen LogP contribution in [0.5, 0.6) is 0 Å². The molecule has 0 aromatic heterocycles. The molecule has 0 bridgehead atoms. The quantitative estimate of drug-likeness (QED) is 0.501. The third kappa shape index (κ3) is 7.14. The molecule has 0 aromatic carbocycles. The number of carbonyl (C=O) groups is 1. The highest BCUT2D eigenvalue weighted by molar-refractivity contribution is 5.76. The first-order chi connectivity index (χ1) is 5.45. The fourth-order valence-electron chi connectivity index (χ4n) is 0.818. The number of amides is 1. The predicted molar refractivity (Wildman–Crippen MR) is 50.5 cm³/mol. The smallest absolute Gasteiger partial charge is 0.220 e. The number of hydrogen-bond donors (Lipinski definition) is 1. The largest absolute Gasteiger partial charge is 0.355 e. The molecule has 0 aliphatic heterocycles. The minimum atomic E-state index is 0.0558. The van der Waals surface area contributed by atoms with Crippen LogP contribution in [0.25, 0.3) is 0 Å². The second-order valence-electron chi connectivity index (χ2n) is 4.04. The first-order valence-electron chi connectivity index (χ1n) is 4.16. The van der Waals surface area contributed by atoms with Gasteiger partial charge in [0.2, 0.25) is 5.91 Å². The monoisotopic (exact) mass is 167 g/mol. The summed E-state index contributed by atoms with van der Waals surface area (Å²) in [4.78, 5) is 11.2. The molecule has 0 spiro atoms. The SMILES string of the molecule is C#CCCNC(=O)CC(C)(C)C. The Kier molecular flexibility index (Phi) is 4.43. The average molecular weight is 167 g/mol. The van der Waals surface area contributed by atoms with Gasteiger partial charge >= 0.3 is 0 Å². The van der Waals surface area contributed by atoms with Crippen molar-refractivity contribution in [1.82, 2.24) is 5.32 Å². The van der Waals surface area contributed by atoms with Crippen LogP contribution in [0.1, 0.15) is 33.6 Å². The summed E-state index contributed by atoms with van der Waals surface area (Å²) in [6.07, 6.45) is 6.20. The van der Waals surface area contributed by atoms with E-state index in [9.17, 15) is 4.79 Å². The van der Waals surface area contributed by atoms with Gasteiger partial charge in [0.15, 0.2) is 0 Å². The van der Waals surface area contributed by atoms with Crippen LogP contribution in [0.15, 0.2) is 0 Å². The molecule has 2 nitrogen and oxygen atoms in total. The number of terminal acetylenes is 1. The van der Waals surface area contributed by atoms with Crippen LogP contribution in [0.2, 0.25) is 0 Å². The fourth-order valence-corrected chi connectivity index (χ4v) is 0.818. The van der Waals surface area contributed by atoms with E-state index in [1.54, 1.807) is 0 Å². The second-order valence-corrected chi connectivity index (χ2v) is 4.04. The van der Waals surface area contributed by atoms with Gasteiger partial charge in [0.05, 0.1) is 0 Å². The first-order valence-corrected chi connectivity index (χ1v) is 4.16. The van der Waals surface area contributed by atoms with Crippen LogP contribution in [-0.2, 0) is 4.79 Å². The number of rotatable bonds is 3. The number of nitrogens with one attached hydrogen (secondary N) is 1. The van der Waals surface area contributed by atoms with Crippen molar-refractivity contribution in [2.24, 2.45) is 5.41 Å². The third-order valence-corrected chi connectivity index (χ3v) is 1.28. The van der Waals surface area contributed by atoms with E-state index < -0.39 is 0 Å². The van der Waals surface area contributed by atoms with Crippen molar-refractivity contribution >= 4 is 5.91 Å². The molecule has 0 atom stereocenters. The van der Waals surface area contributed by atoms with Crippen LogP contribution in [0.4, 0.5) is 0 Å². The van der Waals surface area contributed by atoms with Gasteiger partial charge < -0.3 is 5.32 Å². The summed E-state index contributed by atoms with van der Waals surface area (Å²) in [6, 6.07) is 0. The molecule has 0 aromatic rings. The molecule has 12 heavy (non-hydrogen) atoms. The van der Waals surface area contributed by atoms with Crippen molar-refractivity contribution in [3.05, 3.63) is 0 Å². The van der Waals surface area contributed by atoms with Gasteiger partial charge in [0, 0.05) is 19.4 Å². The van der Waals surface area contributed by atoms with Gasteiger partial charge in [-0.25, -0.2) is 0 Å². The van der Waals surface area contributed by atoms with Gasteiger partial charge in [-0.1, -0.05) is 20.8 Å². The molecule has 1 amide bonds. The minimum Gasteiger partial charge on any atom is -0.355 e. The topological polar surface area (TPSA) is 29.1 Å². The molecule has 0 rings (SSSR count). The molecule has 68 valence electrons. The predicted octanol–water partition coefficient (Wildman–Crippen LogP) is 1.56. The number of carbonyl (C=O) groups excluding carboxylic acids is 1. The number of hydrogen-bond acceptors (Lipinski definition) is 1. The molecule has 0 saturated carbocycles. The van der Waals surface area contributed by atoms with Gasteiger partial charge in [-0.3, -0.25) is 4.79 Å². The first kappa shape index (κ1) is 11.0. The van der Waals surface area contributed by atoms with Gasteiger partial charge in [-0.15, -0.1) is 12.3 Å².